The molecule has 7 nitrogen and oxygen atoms in total. The molecule has 2 heterocycles. The van der Waals surface area contributed by atoms with Crippen LogP contribution >= 0.6 is 0 Å². The Hall–Kier alpha value is -2.41. The molecule has 2 aliphatic heterocycles. The van der Waals surface area contributed by atoms with Gasteiger partial charge in [-0.3, -0.25) is 14.4 Å². The predicted octanol–water partition coefficient (Wildman–Crippen LogP) is 1.39. The highest BCUT2D eigenvalue weighted by Crippen LogP contribution is 2.26. The van der Waals surface area contributed by atoms with E-state index in [2.05, 4.69) is 6.92 Å². The minimum atomic E-state index is -0.858. The Bertz CT molecular complexity index is 697. The van der Waals surface area contributed by atoms with Crippen LogP contribution in [0.15, 0.2) is 24.3 Å². The lowest BCUT2D eigenvalue weighted by Crippen LogP contribution is -2.46. The van der Waals surface area contributed by atoms with E-state index in [-0.39, 0.29) is 24.8 Å². The number of morpholine rings is 1. The van der Waals surface area contributed by atoms with E-state index in [1.54, 1.807) is 16.7 Å². The number of amides is 2. The molecule has 0 saturated carbocycles. The number of aryl methyl sites for hydroxylation is 1. The van der Waals surface area contributed by atoms with E-state index < -0.39 is 18.0 Å². The molecule has 0 unspecified atom stereocenters. The molecule has 146 valence electrons. The Balaban J connectivity index is 1.57. The first-order valence-corrected chi connectivity index (χ1v) is 9.46. The molecule has 1 aromatic carbocycles. The van der Waals surface area contributed by atoms with Crippen molar-refractivity contribution in [2.75, 3.05) is 37.7 Å². The third-order valence-electron chi connectivity index (χ3n) is 5.08. The second-order valence-corrected chi connectivity index (χ2v) is 6.94. The molecule has 2 amide bonds. The minimum absolute atomic E-state index is 0.103. The SMILES string of the molecule is CCc1ccc(N2C[C@H](C(=O)O[C@H](C)C(=O)N3CCOCC3)CC2=O)cc1. The normalized spacial score (nSPS) is 21.3. The zero-order chi connectivity index (χ0) is 19.4. The molecule has 2 saturated heterocycles. The van der Waals surface area contributed by atoms with Crippen molar-refractivity contribution < 1.29 is 23.9 Å². The van der Waals surface area contributed by atoms with Crippen molar-refractivity contribution in [1.82, 2.24) is 4.90 Å². The van der Waals surface area contributed by atoms with Crippen LogP contribution < -0.4 is 4.90 Å². The number of hydrogen-bond acceptors (Lipinski definition) is 5. The zero-order valence-electron chi connectivity index (χ0n) is 15.8. The Morgan fingerprint density at radius 2 is 1.89 bits per heavy atom. The molecule has 7 heteroatoms. The molecule has 27 heavy (non-hydrogen) atoms. The highest BCUT2D eigenvalue weighted by molar-refractivity contribution is 5.99. The first kappa shape index (κ1) is 19.4. The highest BCUT2D eigenvalue weighted by atomic mass is 16.5. The maximum absolute atomic E-state index is 12.5. The molecule has 0 spiro atoms. The average Bonchev–Trinajstić information content (AvgIpc) is 3.10. The van der Waals surface area contributed by atoms with Crippen LogP contribution in [-0.4, -0.2) is 61.6 Å². The van der Waals surface area contributed by atoms with Gasteiger partial charge >= 0.3 is 5.97 Å². The Morgan fingerprint density at radius 1 is 1.22 bits per heavy atom. The van der Waals surface area contributed by atoms with E-state index in [1.807, 2.05) is 24.3 Å². The van der Waals surface area contributed by atoms with Gasteiger partial charge in [-0.05, 0) is 31.0 Å². The maximum atomic E-state index is 12.5. The van der Waals surface area contributed by atoms with Gasteiger partial charge in [0.2, 0.25) is 5.91 Å². The van der Waals surface area contributed by atoms with Gasteiger partial charge in [-0.2, -0.15) is 0 Å². The fourth-order valence-corrected chi connectivity index (χ4v) is 3.39. The monoisotopic (exact) mass is 374 g/mol. The number of nitrogens with zero attached hydrogens (tertiary/aromatic N) is 2. The summed E-state index contributed by atoms with van der Waals surface area (Å²) in [5, 5.41) is 0. The second kappa shape index (κ2) is 8.52. The van der Waals surface area contributed by atoms with Crippen LogP contribution in [0.5, 0.6) is 0 Å². The van der Waals surface area contributed by atoms with Gasteiger partial charge in [-0.1, -0.05) is 19.1 Å². The molecule has 0 radical (unpaired) electrons. The van der Waals surface area contributed by atoms with Crippen molar-refractivity contribution in [3.8, 4) is 0 Å². The van der Waals surface area contributed by atoms with Crippen molar-refractivity contribution >= 4 is 23.5 Å². The fourth-order valence-electron chi connectivity index (χ4n) is 3.39. The Kier molecular flexibility index (Phi) is 6.11. The largest absolute Gasteiger partial charge is 0.452 e. The van der Waals surface area contributed by atoms with Gasteiger partial charge in [0.15, 0.2) is 6.10 Å². The number of ether oxygens (including phenoxy) is 2. The molecule has 0 aromatic heterocycles. The summed E-state index contributed by atoms with van der Waals surface area (Å²) in [7, 11) is 0. The van der Waals surface area contributed by atoms with Gasteiger partial charge in [0.25, 0.3) is 5.91 Å². The molecule has 2 fully saturated rings. The third-order valence-corrected chi connectivity index (χ3v) is 5.08. The summed E-state index contributed by atoms with van der Waals surface area (Å²) in [6.07, 6.45) is 0.175. The lowest BCUT2D eigenvalue weighted by atomic mass is 10.1. The summed E-state index contributed by atoms with van der Waals surface area (Å²) in [5.41, 5.74) is 1.97. The van der Waals surface area contributed by atoms with Gasteiger partial charge in [-0.15, -0.1) is 0 Å². The molecule has 2 aliphatic rings. The molecule has 0 aliphatic carbocycles. The lowest BCUT2D eigenvalue weighted by Gasteiger charge is -2.29. The van der Waals surface area contributed by atoms with E-state index in [4.69, 9.17) is 9.47 Å². The van der Waals surface area contributed by atoms with Crippen LogP contribution in [0, 0.1) is 5.92 Å². The molecule has 0 bridgehead atoms. The van der Waals surface area contributed by atoms with E-state index in [9.17, 15) is 14.4 Å². The number of carbonyl (C=O) groups excluding carboxylic acids is 3. The molecular weight excluding hydrogens is 348 g/mol. The van der Waals surface area contributed by atoms with Crippen molar-refractivity contribution in [2.24, 2.45) is 5.92 Å². The van der Waals surface area contributed by atoms with E-state index in [0.29, 0.717) is 26.3 Å². The topological polar surface area (TPSA) is 76.2 Å². The van der Waals surface area contributed by atoms with Crippen molar-refractivity contribution in [3.63, 3.8) is 0 Å². The van der Waals surface area contributed by atoms with Gasteiger partial charge < -0.3 is 19.3 Å². The lowest BCUT2D eigenvalue weighted by molar-refractivity contribution is -0.163. The van der Waals surface area contributed by atoms with Crippen molar-refractivity contribution in [1.29, 1.82) is 0 Å². The smallest absolute Gasteiger partial charge is 0.312 e. The Morgan fingerprint density at radius 3 is 2.52 bits per heavy atom. The van der Waals surface area contributed by atoms with Crippen molar-refractivity contribution in [2.45, 2.75) is 32.8 Å². The first-order chi connectivity index (χ1) is 13.0. The molecule has 0 N–H and O–H groups in total. The van der Waals surface area contributed by atoms with Gasteiger partial charge in [0.05, 0.1) is 19.1 Å². The summed E-state index contributed by atoms with van der Waals surface area (Å²) in [6, 6.07) is 7.76. The number of esters is 1. The summed E-state index contributed by atoms with van der Waals surface area (Å²) in [4.78, 5) is 40.4. The van der Waals surface area contributed by atoms with Gasteiger partial charge in [0, 0.05) is 31.7 Å². The number of hydrogen-bond donors (Lipinski definition) is 0. The van der Waals surface area contributed by atoms with Gasteiger partial charge in [0.1, 0.15) is 0 Å². The summed E-state index contributed by atoms with van der Waals surface area (Å²) in [5.74, 6) is -1.37. The zero-order valence-corrected chi connectivity index (χ0v) is 15.8. The standard InChI is InChI=1S/C20H26N2O5/c1-3-15-4-6-17(7-5-15)22-13-16(12-18(22)23)20(25)27-14(2)19(24)21-8-10-26-11-9-21/h4-7,14,16H,3,8-13H2,1-2H3/t14-,16-/m1/s1. The number of anilines is 1. The fraction of sp³-hybridized carbons (Fsp3) is 0.550. The van der Waals surface area contributed by atoms with Crippen LogP contribution in [0.1, 0.15) is 25.8 Å². The van der Waals surface area contributed by atoms with E-state index >= 15 is 0 Å². The molecular formula is C20H26N2O5. The maximum Gasteiger partial charge on any atom is 0.312 e. The van der Waals surface area contributed by atoms with E-state index in [0.717, 1.165) is 12.1 Å². The predicted molar refractivity (Wildman–Crippen MR) is 99.2 cm³/mol. The summed E-state index contributed by atoms with van der Waals surface area (Å²) < 4.78 is 10.6. The van der Waals surface area contributed by atoms with Crippen LogP contribution in [0.25, 0.3) is 0 Å². The van der Waals surface area contributed by atoms with Crippen LogP contribution in [-0.2, 0) is 30.3 Å². The van der Waals surface area contributed by atoms with Gasteiger partial charge in [-0.25, -0.2) is 0 Å². The first-order valence-electron chi connectivity index (χ1n) is 9.46. The summed E-state index contributed by atoms with van der Waals surface area (Å²) in [6.45, 7) is 5.93. The highest BCUT2D eigenvalue weighted by Gasteiger charge is 2.37. The van der Waals surface area contributed by atoms with Crippen LogP contribution in [0.3, 0.4) is 0 Å². The molecule has 2 atom stereocenters. The molecule has 1 aromatic rings. The minimum Gasteiger partial charge on any atom is -0.452 e. The number of benzene rings is 1. The average molecular weight is 374 g/mol. The number of carbonyl (C=O) groups is 3. The summed E-state index contributed by atoms with van der Waals surface area (Å²) >= 11 is 0. The third kappa shape index (κ3) is 4.47. The number of rotatable bonds is 5. The van der Waals surface area contributed by atoms with Crippen LogP contribution in [0.2, 0.25) is 0 Å². The molecule has 3 rings (SSSR count). The quantitative estimate of drug-likeness (QED) is 0.728. The van der Waals surface area contributed by atoms with Crippen LogP contribution in [0.4, 0.5) is 5.69 Å². The van der Waals surface area contributed by atoms with E-state index in [1.165, 1.54) is 5.56 Å². The Labute approximate surface area is 159 Å². The second-order valence-electron chi connectivity index (χ2n) is 6.94. The van der Waals surface area contributed by atoms with Crippen molar-refractivity contribution in [3.05, 3.63) is 29.8 Å².